The number of anilines is 1. The molecule has 0 aliphatic heterocycles. The Morgan fingerprint density at radius 2 is 1.88 bits per heavy atom. The summed E-state index contributed by atoms with van der Waals surface area (Å²) in [6.07, 6.45) is 0.390. The molecule has 0 bridgehead atoms. The third-order valence-electron chi connectivity index (χ3n) is 3.54. The molecule has 25 heavy (non-hydrogen) atoms. The van der Waals surface area contributed by atoms with Gasteiger partial charge < -0.3 is 5.32 Å². The van der Waals surface area contributed by atoms with Gasteiger partial charge in [-0.05, 0) is 46.6 Å². The molecule has 0 aliphatic rings. The number of fused-ring (bicyclic) bond motifs is 1. The molecule has 1 heterocycles. The maximum Gasteiger partial charge on any atom is 0.226 e. The van der Waals surface area contributed by atoms with Gasteiger partial charge in [0.25, 0.3) is 0 Å². The molecule has 1 amide bonds. The quantitative estimate of drug-likeness (QED) is 0.623. The van der Waals surface area contributed by atoms with E-state index in [0.717, 1.165) is 14.7 Å². The molecule has 130 valence electrons. The number of nitrogens with zero attached hydrogens (tertiary/aromatic N) is 1. The number of aromatic nitrogens is 1. The van der Waals surface area contributed by atoms with E-state index in [4.69, 9.17) is 0 Å². The highest BCUT2D eigenvalue weighted by atomic mass is 79.9. The van der Waals surface area contributed by atoms with E-state index >= 15 is 0 Å². The summed E-state index contributed by atoms with van der Waals surface area (Å²) >= 11 is 4.81. The Kier molecular flexibility index (Phi) is 5.51. The second kappa shape index (κ2) is 7.63. The molecule has 5 nitrogen and oxygen atoms in total. The first-order chi connectivity index (χ1) is 12.0. The van der Waals surface area contributed by atoms with E-state index in [1.54, 1.807) is 30.3 Å². The molecular formula is C17H15BrN2O3S2. The molecule has 1 aromatic heterocycles. The third kappa shape index (κ3) is 4.45. The second-order valence-corrected chi connectivity index (χ2v) is 9.38. The van der Waals surface area contributed by atoms with Gasteiger partial charge in [-0.3, -0.25) is 4.79 Å². The molecule has 0 radical (unpaired) electrons. The number of halogens is 1. The molecular weight excluding hydrogens is 424 g/mol. The zero-order valence-corrected chi connectivity index (χ0v) is 16.3. The van der Waals surface area contributed by atoms with Crippen LogP contribution in [0, 0.1) is 0 Å². The third-order valence-corrected chi connectivity index (χ3v) is 6.93. The lowest BCUT2D eigenvalue weighted by Crippen LogP contribution is -2.14. The zero-order chi connectivity index (χ0) is 17.9. The number of nitrogens with one attached hydrogen (secondary N) is 1. The van der Waals surface area contributed by atoms with Gasteiger partial charge in [0.15, 0.2) is 15.0 Å². The number of amides is 1. The van der Waals surface area contributed by atoms with Crippen molar-refractivity contribution in [2.75, 3.05) is 11.1 Å². The average Bonchev–Trinajstić information content (AvgIpc) is 2.99. The van der Waals surface area contributed by atoms with Crippen LogP contribution in [0.2, 0.25) is 0 Å². The molecule has 1 N–H and O–H groups in total. The van der Waals surface area contributed by atoms with Crippen LogP contribution in [0.4, 0.5) is 5.13 Å². The van der Waals surface area contributed by atoms with Gasteiger partial charge in [-0.2, -0.15) is 0 Å². The fraction of sp³-hybridized carbons (Fsp3) is 0.176. The van der Waals surface area contributed by atoms with Crippen molar-refractivity contribution in [1.29, 1.82) is 0 Å². The molecule has 3 rings (SSSR count). The fourth-order valence-corrected chi connectivity index (χ4v) is 5.15. The van der Waals surface area contributed by atoms with Gasteiger partial charge in [-0.15, -0.1) is 0 Å². The van der Waals surface area contributed by atoms with Crippen molar-refractivity contribution in [3.8, 4) is 0 Å². The summed E-state index contributed by atoms with van der Waals surface area (Å²) in [5.74, 6) is -0.297. The lowest BCUT2D eigenvalue weighted by molar-refractivity contribution is -0.116. The van der Waals surface area contributed by atoms with Crippen molar-refractivity contribution < 1.29 is 13.2 Å². The standard InChI is InChI=1S/C17H15BrN2O3S2/c18-13-8-4-9-14-16(13)20-17(24-14)19-15(21)10-5-11-25(22,23)12-6-2-1-3-7-12/h1-4,6-9H,5,10-11H2,(H,19,20,21). The number of sulfone groups is 1. The summed E-state index contributed by atoms with van der Waals surface area (Å²) < 4.78 is 26.2. The van der Waals surface area contributed by atoms with Gasteiger partial charge in [0.1, 0.15) is 0 Å². The van der Waals surface area contributed by atoms with Gasteiger partial charge in [0.05, 0.1) is 20.9 Å². The van der Waals surface area contributed by atoms with Crippen LogP contribution < -0.4 is 5.32 Å². The molecule has 3 aromatic rings. The van der Waals surface area contributed by atoms with Gasteiger partial charge in [0.2, 0.25) is 5.91 Å². The number of hydrogen-bond donors (Lipinski definition) is 1. The summed E-state index contributed by atoms with van der Waals surface area (Å²) in [5.41, 5.74) is 0.800. The summed E-state index contributed by atoms with van der Waals surface area (Å²) in [5, 5.41) is 3.25. The highest BCUT2D eigenvalue weighted by Crippen LogP contribution is 2.30. The number of para-hydroxylation sites is 1. The Morgan fingerprint density at radius 3 is 2.60 bits per heavy atom. The smallest absolute Gasteiger partial charge is 0.226 e. The van der Waals surface area contributed by atoms with E-state index < -0.39 is 9.84 Å². The number of carbonyl (C=O) groups is 1. The summed E-state index contributed by atoms with van der Waals surface area (Å²) in [6.45, 7) is 0. The molecule has 0 fully saturated rings. The first-order valence-electron chi connectivity index (χ1n) is 7.58. The van der Waals surface area contributed by atoms with E-state index in [1.807, 2.05) is 18.2 Å². The van der Waals surface area contributed by atoms with Crippen molar-refractivity contribution in [2.45, 2.75) is 17.7 Å². The number of rotatable bonds is 6. The van der Waals surface area contributed by atoms with Crippen molar-refractivity contribution in [2.24, 2.45) is 0 Å². The summed E-state index contributed by atoms with van der Waals surface area (Å²) in [6, 6.07) is 14.0. The molecule has 8 heteroatoms. The van der Waals surface area contributed by atoms with Crippen molar-refractivity contribution in [1.82, 2.24) is 4.98 Å². The van der Waals surface area contributed by atoms with Crippen molar-refractivity contribution in [3.63, 3.8) is 0 Å². The van der Waals surface area contributed by atoms with Crippen molar-refractivity contribution in [3.05, 3.63) is 53.0 Å². The van der Waals surface area contributed by atoms with Crippen LogP contribution in [0.3, 0.4) is 0 Å². The van der Waals surface area contributed by atoms with E-state index in [0.29, 0.717) is 5.13 Å². The molecule has 0 atom stereocenters. The minimum absolute atomic E-state index is 0.0597. The number of hydrogen-bond acceptors (Lipinski definition) is 5. The monoisotopic (exact) mass is 438 g/mol. The molecule has 0 unspecified atom stereocenters. The maximum atomic E-state index is 12.2. The normalized spacial score (nSPS) is 11.6. The van der Waals surface area contributed by atoms with Crippen LogP contribution in [-0.4, -0.2) is 25.1 Å². The Hall–Kier alpha value is -1.77. The predicted octanol–water partition coefficient (Wildman–Crippen LogP) is 4.25. The zero-order valence-electron chi connectivity index (χ0n) is 13.1. The first kappa shape index (κ1) is 18.0. The minimum atomic E-state index is -3.35. The predicted molar refractivity (Wildman–Crippen MR) is 104 cm³/mol. The Labute approximate surface area is 158 Å². The Bertz CT molecular complexity index is 1000. The number of thiazole rings is 1. The Balaban J connectivity index is 1.57. The molecule has 0 saturated heterocycles. The largest absolute Gasteiger partial charge is 0.302 e. The van der Waals surface area contributed by atoms with Crippen LogP contribution in [0.15, 0.2) is 57.9 Å². The van der Waals surface area contributed by atoms with Gasteiger partial charge in [-0.25, -0.2) is 13.4 Å². The topological polar surface area (TPSA) is 76.1 Å². The summed E-state index contributed by atoms with van der Waals surface area (Å²) in [4.78, 5) is 16.7. The van der Waals surface area contributed by atoms with E-state index in [2.05, 4.69) is 26.2 Å². The van der Waals surface area contributed by atoms with Gasteiger partial charge in [-0.1, -0.05) is 35.6 Å². The number of carbonyl (C=O) groups excluding carboxylic acids is 1. The molecule has 0 saturated carbocycles. The van der Waals surface area contributed by atoms with Crippen LogP contribution in [-0.2, 0) is 14.6 Å². The highest BCUT2D eigenvalue weighted by Gasteiger charge is 2.15. The highest BCUT2D eigenvalue weighted by molar-refractivity contribution is 9.10. The molecule has 2 aromatic carbocycles. The minimum Gasteiger partial charge on any atom is -0.302 e. The van der Waals surface area contributed by atoms with E-state index in [-0.39, 0.29) is 29.4 Å². The van der Waals surface area contributed by atoms with Gasteiger partial charge in [0, 0.05) is 10.9 Å². The number of benzene rings is 2. The maximum absolute atomic E-state index is 12.2. The lowest BCUT2D eigenvalue weighted by atomic mass is 10.3. The van der Waals surface area contributed by atoms with Gasteiger partial charge >= 0.3 is 0 Å². The van der Waals surface area contributed by atoms with Crippen LogP contribution in [0.25, 0.3) is 10.2 Å². The average molecular weight is 439 g/mol. The van der Waals surface area contributed by atoms with Crippen LogP contribution >= 0.6 is 27.3 Å². The Morgan fingerprint density at radius 1 is 1.12 bits per heavy atom. The first-order valence-corrected chi connectivity index (χ1v) is 10.8. The second-order valence-electron chi connectivity index (χ2n) is 5.39. The van der Waals surface area contributed by atoms with Crippen LogP contribution in [0.1, 0.15) is 12.8 Å². The fourth-order valence-electron chi connectivity index (χ4n) is 2.32. The van der Waals surface area contributed by atoms with Crippen molar-refractivity contribution >= 4 is 58.4 Å². The molecule has 0 spiro atoms. The summed E-state index contributed by atoms with van der Waals surface area (Å²) in [7, 11) is -3.35. The van der Waals surface area contributed by atoms with E-state index in [9.17, 15) is 13.2 Å². The molecule has 0 aliphatic carbocycles. The lowest BCUT2D eigenvalue weighted by Gasteiger charge is -2.04. The SMILES string of the molecule is O=C(CCCS(=O)(=O)c1ccccc1)Nc1nc2c(Br)cccc2s1. The van der Waals surface area contributed by atoms with E-state index in [1.165, 1.54) is 11.3 Å². The van der Waals surface area contributed by atoms with Crippen LogP contribution in [0.5, 0.6) is 0 Å².